The highest BCUT2D eigenvalue weighted by Crippen LogP contribution is 2.33. The van der Waals surface area contributed by atoms with Crippen molar-refractivity contribution in [2.24, 2.45) is 5.92 Å². The molecule has 1 aromatic heterocycles. The molecule has 0 saturated carbocycles. The number of amides is 1. The summed E-state index contributed by atoms with van der Waals surface area (Å²) >= 11 is 0. The molecule has 2 N–H and O–H groups in total. The number of carbonyl (C=O) groups is 1. The van der Waals surface area contributed by atoms with Gasteiger partial charge in [0.1, 0.15) is 5.82 Å². The van der Waals surface area contributed by atoms with E-state index < -0.39 is 9.84 Å². The highest BCUT2D eigenvalue weighted by Gasteiger charge is 2.28. The Kier molecular flexibility index (Phi) is 5.42. The zero-order chi connectivity index (χ0) is 19.7. The summed E-state index contributed by atoms with van der Waals surface area (Å²) in [5, 5.41) is 3.97. The van der Waals surface area contributed by atoms with Gasteiger partial charge in [-0.1, -0.05) is 0 Å². The number of halogens is 1. The predicted molar refractivity (Wildman–Crippen MR) is 106 cm³/mol. The fourth-order valence-corrected chi connectivity index (χ4v) is 6.27. The molecule has 2 fully saturated rings. The Bertz CT molecular complexity index is 964. The predicted octanol–water partition coefficient (Wildman–Crippen LogP) is 2.04. The van der Waals surface area contributed by atoms with Crippen LogP contribution in [0.15, 0.2) is 24.4 Å². The summed E-state index contributed by atoms with van der Waals surface area (Å²) < 4.78 is 36.3. The van der Waals surface area contributed by atoms with Gasteiger partial charge in [0.05, 0.1) is 18.1 Å². The number of rotatable bonds is 5. The molecule has 2 aliphatic heterocycles. The molecule has 2 aromatic rings. The maximum Gasteiger partial charge on any atom is 0.234 e. The van der Waals surface area contributed by atoms with E-state index in [-0.39, 0.29) is 29.1 Å². The second kappa shape index (κ2) is 7.83. The molecule has 4 rings (SSSR count). The SMILES string of the molecule is O=C(CN1CCC(c2c[nH]c3cc(F)ccc23)CC1)NCC1CCS(=O)(=O)C1. The fourth-order valence-electron chi connectivity index (χ4n) is 4.41. The molecule has 3 heterocycles. The number of aromatic amines is 1. The molecule has 6 nitrogen and oxygen atoms in total. The van der Waals surface area contributed by atoms with Gasteiger partial charge in [0.2, 0.25) is 5.91 Å². The standard InChI is InChI=1S/C20H26FN3O3S/c21-16-1-2-17-18(11-22-19(17)9-16)15-3-6-24(7-4-15)12-20(25)23-10-14-5-8-28(26,27)13-14/h1-2,9,11,14-15,22H,3-8,10,12-13H2,(H,23,25). The number of likely N-dealkylation sites (tertiary alicyclic amines) is 1. The van der Waals surface area contributed by atoms with E-state index in [1.54, 1.807) is 0 Å². The Balaban J connectivity index is 1.25. The highest BCUT2D eigenvalue weighted by atomic mass is 32.2. The van der Waals surface area contributed by atoms with Gasteiger partial charge in [-0.25, -0.2) is 12.8 Å². The highest BCUT2D eigenvalue weighted by molar-refractivity contribution is 7.91. The van der Waals surface area contributed by atoms with Gasteiger partial charge in [0, 0.05) is 23.6 Å². The molecule has 2 aliphatic rings. The van der Waals surface area contributed by atoms with Gasteiger partial charge in [-0.15, -0.1) is 0 Å². The van der Waals surface area contributed by atoms with Gasteiger partial charge in [0.25, 0.3) is 0 Å². The number of fused-ring (bicyclic) bond motifs is 1. The van der Waals surface area contributed by atoms with Crippen LogP contribution in [0.5, 0.6) is 0 Å². The van der Waals surface area contributed by atoms with Crippen LogP contribution in [0.1, 0.15) is 30.7 Å². The second-order valence-corrected chi connectivity index (χ2v) is 10.3. The van der Waals surface area contributed by atoms with E-state index in [0.717, 1.165) is 36.8 Å². The molecule has 0 radical (unpaired) electrons. The lowest BCUT2D eigenvalue weighted by Gasteiger charge is -2.31. The van der Waals surface area contributed by atoms with Gasteiger partial charge in [-0.2, -0.15) is 0 Å². The third-order valence-corrected chi connectivity index (χ3v) is 7.82. The van der Waals surface area contributed by atoms with Crippen molar-refractivity contribution in [3.8, 4) is 0 Å². The molecular weight excluding hydrogens is 381 g/mol. The Morgan fingerprint density at radius 1 is 1.25 bits per heavy atom. The maximum atomic E-state index is 13.4. The Hall–Kier alpha value is -1.93. The first kappa shape index (κ1) is 19.4. The second-order valence-electron chi connectivity index (χ2n) is 8.06. The molecule has 1 atom stereocenters. The Morgan fingerprint density at radius 2 is 2.04 bits per heavy atom. The minimum Gasteiger partial charge on any atom is -0.361 e. The summed E-state index contributed by atoms with van der Waals surface area (Å²) in [5.41, 5.74) is 2.05. The average Bonchev–Trinajstić information content (AvgIpc) is 3.23. The van der Waals surface area contributed by atoms with Gasteiger partial charge in [0.15, 0.2) is 9.84 Å². The molecule has 0 bridgehead atoms. The first-order valence-corrected chi connectivity index (χ1v) is 11.7. The molecule has 2 saturated heterocycles. The number of H-pyrrole nitrogens is 1. The van der Waals surface area contributed by atoms with Crippen LogP contribution in [0, 0.1) is 11.7 Å². The summed E-state index contributed by atoms with van der Waals surface area (Å²) in [5.74, 6) is 0.602. The number of nitrogens with zero attached hydrogens (tertiary/aromatic N) is 1. The van der Waals surface area contributed by atoms with E-state index in [2.05, 4.69) is 15.2 Å². The molecule has 152 valence electrons. The number of benzene rings is 1. The zero-order valence-corrected chi connectivity index (χ0v) is 16.6. The minimum atomic E-state index is -2.90. The number of sulfone groups is 1. The summed E-state index contributed by atoms with van der Waals surface area (Å²) in [6, 6.07) is 4.85. The van der Waals surface area contributed by atoms with E-state index in [1.807, 2.05) is 12.3 Å². The first-order chi connectivity index (χ1) is 13.4. The molecule has 8 heteroatoms. The quantitative estimate of drug-likeness (QED) is 0.795. The molecular formula is C20H26FN3O3S. The third-order valence-electron chi connectivity index (χ3n) is 5.99. The van der Waals surface area contributed by atoms with Crippen molar-refractivity contribution in [3.05, 3.63) is 35.8 Å². The zero-order valence-electron chi connectivity index (χ0n) is 15.8. The van der Waals surface area contributed by atoms with Crippen LogP contribution in [-0.4, -0.2) is 61.9 Å². The van der Waals surface area contributed by atoms with Crippen LogP contribution in [-0.2, 0) is 14.6 Å². The van der Waals surface area contributed by atoms with E-state index in [9.17, 15) is 17.6 Å². The number of carbonyl (C=O) groups excluding carboxylic acids is 1. The smallest absolute Gasteiger partial charge is 0.234 e. The lowest BCUT2D eigenvalue weighted by Crippen LogP contribution is -2.42. The first-order valence-electron chi connectivity index (χ1n) is 9.85. The lowest BCUT2D eigenvalue weighted by atomic mass is 9.89. The summed E-state index contributed by atoms with van der Waals surface area (Å²) in [6.07, 6.45) is 4.53. The van der Waals surface area contributed by atoms with E-state index in [4.69, 9.17) is 0 Å². The van der Waals surface area contributed by atoms with E-state index in [0.29, 0.717) is 25.4 Å². The largest absolute Gasteiger partial charge is 0.361 e. The lowest BCUT2D eigenvalue weighted by molar-refractivity contribution is -0.122. The van der Waals surface area contributed by atoms with Crippen molar-refractivity contribution in [1.82, 2.24) is 15.2 Å². The summed E-state index contributed by atoms with van der Waals surface area (Å²) in [6.45, 7) is 2.47. The Morgan fingerprint density at radius 3 is 2.75 bits per heavy atom. The van der Waals surface area contributed by atoms with Crippen LogP contribution < -0.4 is 5.32 Å². The monoisotopic (exact) mass is 407 g/mol. The van der Waals surface area contributed by atoms with Crippen molar-refractivity contribution in [2.75, 3.05) is 37.7 Å². The van der Waals surface area contributed by atoms with Crippen molar-refractivity contribution < 1.29 is 17.6 Å². The molecule has 1 aromatic carbocycles. The van der Waals surface area contributed by atoms with Crippen molar-refractivity contribution in [2.45, 2.75) is 25.2 Å². The third kappa shape index (κ3) is 4.38. The number of piperidine rings is 1. The maximum absolute atomic E-state index is 13.4. The van der Waals surface area contributed by atoms with E-state index >= 15 is 0 Å². The number of nitrogens with one attached hydrogen (secondary N) is 2. The normalized spacial score (nSPS) is 23.2. The minimum absolute atomic E-state index is 0.0367. The van der Waals surface area contributed by atoms with Crippen LogP contribution in [0.4, 0.5) is 4.39 Å². The fraction of sp³-hybridized carbons (Fsp3) is 0.550. The van der Waals surface area contributed by atoms with Crippen molar-refractivity contribution in [3.63, 3.8) is 0 Å². The molecule has 0 aliphatic carbocycles. The summed E-state index contributed by atoms with van der Waals surface area (Å²) in [4.78, 5) is 17.5. The number of hydrogen-bond donors (Lipinski definition) is 2. The van der Waals surface area contributed by atoms with Gasteiger partial charge < -0.3 is 10.3 Å². The van der Waals surface area contributed by atoms with Crippen molar-refractivity contribution >= 4 is 26.6 Å². The van der Waals surface area contributed by atoms with Gasteiger partial charge >= 0.3 is 0 Å². The van der Waals surface area contributed by atoms with Crippen LogP contribution >= 0.6 is 0 Å². The van der Waals surface area contributed by atoms with Crippen LogP contribution in [0.2, 0.25) is 0 Å². The summed E-state index contributed by atoms with van der Waals surface area (Å²) in [7, 11) is -2.90. The number of hydrogen-bond acceptors (Lipinski definition) is 4. The average molecular weight is 408 g/mol. The van der Waals surface area contributed by atoms with Gasteiger partial charge in [-0.05, 0) is 68.0 Å². The molecule has 1 amide bonds. The Labute approximate surface area is 164 Å². The molecule has 0 spiro atoms. The van der Waals surface area contributed by atoms with E-state index in [1.165, 1.54) is 17.7 Å². The molecule has 1 unspecified atom stereocenters. The molecule has 28 heavy (non-hydrogen) atoms. The number of aromatic nitrogens is 1. The van der Waals surface area contributed by atoms with Crippen molar-refractivity contribution in [1.29, 1.82) is 0 Å². The van der Waals surface area contributed by atoms with Crippen LogP contribution in [0.25, 0.3) is 10.9 Å². The topological polar surface area (TPSA) is 82.3 Å². The van der Waals surface area contributed by atoms with Gasteiger partial charge in [-0.3, -0.25) is 9.69 Å². The van der Waals surface area contributed by atoms with Crippen LogP contribution in [0.3, 0.4) is 0 Å².